The van der Waals surface area contributed by atoms with Crippen molar-refractivity contribution in [3.8, 4) is 11.6 Å². The van der Waals surface area contributed by atoms with E-state index in [0.717, 1.165) is 12.1 Å². The minimum Gasteiger partial charge on any atom is -0.359 e. The van der Waals surface area contributed by atoms with Crippen LogP contribution in [0.5, 0.6) is 0 Å². The zero-order valence-electron chi connectivity index (χ0n) is 10.4. The fraction of sp³-hybridized carbons (Fsp3) is 0.250. The standard InChI is InChI=1S/C12H13N7/c1-8-2-3-9(13-5-4-8)10-16-18-12(19-17-10)11-14-6-7-15-11/h3-8,13H,2H2,1H3,(H,14,15). The number of aromatic amines is 1. The molecule has 2 aromatic rings. The van der Waals surface area contributed by atoms with Crippen molar-refractivity contribution < 1.29 is 0 Å². The van der Waals surface area contributed by atoms with Gasteiger partial charge in [-0.3, -0.25) is 0 Å². The smallest absolute Gasteiger partial charge is 0.238 e. The van der Waals surface area contributed by atoms with Crippen LogP contribution >= 0.6 is 0 Å². The van der Waals surface area contributed by atoms with Gasteiger partial charge in [0.15, 0.2) is 5.82 Å². The van der Waals surface area contributed by atoms with Crippen molar-refractivity contribution in [1.29, 1.82) is 0 Å². The highest BCUT2D eigenvalue weighted by Crippen LogP contribution is 2.14. The Balaban J connectivity index is 1.85. The molecule has 7 heteroatoms. The van der Waals surface area contributed by atoms with Crippen molar-refractivity contribution in [1.82, 2.24) is 35.7 Å². The number of aromatic nitrogens is 6. The number of imidazole rings is 1. The Morgan fingerprint density at radius 2 is 1.95 bits per heavy atom. The van der Waals surface area contributed by atoms with Crippen LogP contribution in [0.25, 0.3) is 17.3 Å². The molecule has 1 aliphatic heterocycles. The lowest BCUT2D eigenvalue weighted by Gasteiger charge is -2.03. The molecule has 0 spiro atoms. The summed E-state index contributed by atoms with van der Waals surface area (Å²) in [6.07, 6.45) is 10.3. The molecular weight excluding hydrogens is 242 g/mol. The van der Waals surface area contributed by atoms with Crippen LogP contribution in [-0.4, -0.2) is 30.4 Å². The molecule has 0 bridgehead atoms. The van der Waals surface area contributed by atoms with Gasteiger partial charge in [-0.15, -0.1) is 20.4 Å². The van der Waals surface area contributed by atoms with Gasteiger partial charge in [-0.05, 0) is 18.5 Å². The number of hydrogen-bond acceptors (Lipinski definition) is 6. The summed E-state index contributed by atoms with van der Waals surface area (Å²) in [7, 11) is 0. The molecule has 96 valence electrons. The first kappa shape index (κ1) is 11.5. The first-order valence-corrected chi connectivity index (χ1v) is 6.04. The fourth-order valence-electron chi connectivity index (χ4n) is 1.72. The van der Waals surface area contributed by atoms with Crippen LogP contribution in [0.4, 0.5) is 0 Å². The van der Waals surface area contributed by atoms with Gasteiger partial charge in [-0.1, -0.05) is 19.1 Å². The molecule has 7 nitrogen and oxygen atoms in total. The van der Waals surface area contributed by atoms with E-state index in [-0.39, 0.29) is 0 Å². The predicted octanol–water partition coefficient (Wildman–Crippen LogP) is 1.14. The van der Waals surface area contributed by atoms with E-state index in [1.807, 2.05) is 6.20 Å². The van der Waals surface area contributed by atoms with E-state index >= 15 is 0 Å². The van der Waals surface area contributed by atoms with E-state index in [4.69, 9.17) is 0 Å². The minimum absolute atomic E-state index is 0.381. The van der Waals surface area contributed by atoms with Crippen LogP contribution in [0, 0.1) is 5.92 Å². The maximum absolute atomic E-state index is 4.08. The van der Waals surface area contributed by atoms with Crippen molar-refractivity contribution in [2.24, 2.45) is 5.92 Å². The van der Waals surface area contributed by atoms with Crippen LogP contribution in [0.3, 0.4) is 0 Å². The van der Waals surface area contributed by atoms with Gasteiger partial charge in [-0.25, -0.2) is 4.98 Å². The Morgan fingerprint density at radius 3 is 2.68 bits per heavy atom. The van der Waals surface area contributed by atoms with Crippen molar-refractivity contribution in [2.45, 2.75) is 13.3 Å². The van der Waals surface area contributed by atoms with Gasteiger partial charge >= 0.3 is 0 Å². The highest BCUT2D eigenvalue weighted by molar-refractivity contribution is 5.58. The highest BCUT2D eigenvalue weighted by Gasteiger charge is 2.11. The van der Waals surface area contributed by atoms with Crippen LogP contribution in [0.2, 0.25) is 0 Å². The zero-order chi connectivity index (χ0) is 13.1. The second kappa shape index (κ2) is 4.97. The normalized spacial score (nSPS) is 18.6. The summed E-state index contributed by atoms with van der Waals surface area (Å²) in [5.41, 5.74) is 0.826. The van der Waals surface area contributed by atoms with Crippen molar-refractivity contribution in [2.75, 3.05) is 0 Å². The topological polar surface area (TPSA) is 92.3 Å². The summed E-state index contributed by atoms with van der Waals surface area (Å²) in [6, 6.07) is 0. The summed E-state index contributed by atoms with van der Waals surface area (Å²) < 4.78 is 0. The molecule has 1 aliphatic rings. The van der Waals surface area contributed by atoms with Gasteiger partial charge in [0.25, 0.3) is 0 Å². The SMILES string of the molecule is CC1C=CNC(c2nnc(-c3ncc[nH]3)nn2)=CC1. The van der Waals surface area contributed by atoms with Gasteiger partial charge in [-0.2, -0.15) is 0 Å². The minimum atomic E-state index is 0.381. The van der Waals surface area contributed by atoms with Crippen molar-refractivity contribution >= 4 is 5.70 Å². The maximum Gasteiger partial charge on any atom is 0.238 e. The summed E-state index contributed by atoms with van der Waals surface area (Å²) in [5.74, 6) is 1.91. The summed E-state index contributed by atoms with van der Waals surface area (Å²) in [5, 5.41) is 19.3. The van der Waals surface area contributed by atoms with Crippen molar-refractivity contribution in [3.63, 3.8) is 0 Å². The molecule has 0 saturated heterocycles. The summed E-state index contributed by atoms with van der Waals surface area (Å²) in [4.78, 5) is 6.96. The molecule has 0 radical (unpaired) electrons. The summed E-state index contributed by atoms with van der Waals surface area (Å²) in [6.45, 7) is 2.15. The van der Waals surface area contributed by atoms with E-state index in [9.17, 15) is 0 Å². The monoisotopic (exact) mass is 255 g/mol. The Morgan fingerprint density at radius 1 is 1.16 bits per heavy atom. The van der Waals surface area contributed by atoms with Gasteiger partial charge in [0.1, 0.15) is 0 Å². The fourth-order valence-corrected chi connectivity index (χ4v) is 1.72. The molecule has 3 heterocycles. The average Bonchev–Trinajstić information content (AvgIpc) is 2.89. The van der Waals surface area contributed by atoms with E-state index < -0.39 is 0 Å². The van der Waals surface area contributed by atoms with Gasteiger partial charge in [0.05, 0.1) is 5.70 Å². The first-order valence-electron chi connectivity index (χ1n) is 6.04. The Bertz CT molecular complexity index is 598. The third-order valence-electron chi connectivity index (χ3n) is 2.79. The third-order valence-corrected chi connectivity index (χ3v) is 2.79. The average molecular weight is 255 g/mol. The van der Waals surface area contributed by atoms with Crippen LogP contribution in [-0.2, 0) is 0 Å². The molecule has 0 aliphatic carbocycles. The molecule has 2 N–H and O–H groups in total. The molecular formula is C12H13N7. The largest absolute Gasteiger partial charge is 0.359 e. The predicted molar refractivity (Wildman–Crippen MR) is 69.2 cm³/mol. The van der Waals surface area contributed by atoms with Crippen molar-refractivity contribution in [3.05, 3.63) is 36.6 Å². The van der Waals surface area contributed by atoms with Crippen LogP contribution in [0.1, 0.15) is 19.2 Å². The van der Waals surface area contributed by atoms with Gasteiger partial charge in [0.2, 0.25) is 11.6 Å². The Labute approximate surface area is 109 Å². The number of hydrogen-bond donors (Lipinski definition) is 2. The first-order chi connectivity index (χ1) is 9.33. The van der Waals surface area contributed by atoms with E-state index in [1.165, 1.54) is 0 Å². The molecule has 1 atom stereocenters. The maximum atomic E-state index is 4.08. The lowest BCUT2D eigenvalue weighted by atomic mass is 10.1. The summed E-state index contributed by atoms with van der Waals surface area (Å²) >= 11 is 0. The second-order valence-electron chi connectivity index (χ2n) is 4.32. The third kappa shape index (κ3) is 2.49. The number of H-pyrrole nitrogens is 1. The number of nitrogens with zero attached hydrogens (tertiary/aromatic N) is 5. The number of allylic oxidation sites excluding steroid dienone is 2. The van der Waals surface area contributed by atoms with Crippen LogP contribution in [0.15, 0.2) is 30.7 Å². The lowest BCUT2D eigenvalue weighted by molar-refractivity contribution is 0.747. The molecule has 1 unspecified atom stereocenters. The Hall–Kier alpha value is -2.57. The number of rotatable bonds is 2. The molecule has 2 aromatic heterocycles. The molecule has 19 heavy (non-hydrogen) atoms. The molecule has 0 saturated carbocycles. The highest BCUT2D eigenvalue weighted by atomic mass is 15.3. The lowest BCUT2D eigenvalue weighted by Crippen LogP contribution is -2.10. The van der Waals surface area contributed by atoms with Gasteiger partial charge in [0, 0.05) is 12.4 Å². The molecule has 3 rings (SSSR count). The van der Waals surface area contributed by atoms with Gasteiger partial charge < -0.3 is 10.3 Å². The molecule has 0 fully saturated rings. The zero-order valence-corrected chi connectivity index (χ0v) is 10.4. The second-order valence-corrected chi connectivity index (χ2v) is 4.32. The molecule has 0 aromatic carbocycles. The van der Waals surface area contributed by atoms with E-state index in [0.29, 0.717) is 23.4 Å². The van der Waals surface area contributed by atoms with E-state index in [2.05, 4.69) is 54.8 Å². The van der Waals surface area contributed by atoms with Crippen LogP contribution < -0.4 is 5.32 Å². The quantitative estimate of drug-likeness (QED) is 0.836. The number of nitrogens with one attached hydrogen (secondary N) is 2. The molecule has 0 amide bonds. The van der Waals surface area contributed by atoms with E-state index in [1.54, 1.807) is 12.4 Å². The Kier molecular flexibility index (Phi) is 3.01.